The molecule has 0 radical (unpaired) electrons. The highest BCUT2D eigenvalue weighted by Gasteiger charge is 2.15. The maximum Gasteiger partial charge on any atom is 0.100 e. The number of benzene rings is 1. The molecule has 1 aromatic carbocycles. The van der Waals surface area contributed by atoms with Crippen molar-refractivity contribution in [1.29, 1.82) is 0 Å². The van der Waals surface area contributed by atoms with Crippen LogP contribution < -0.4 is 0 Å². The summed E-state index contributed by atoms with van der Waals surface area (Å²) in [6.45, 7) is 0. The fraction of sp³-hybridized carbons (Fsp3) is 0.467. The maximum absolute atomic E-state index is 10.4. The number of hydrogen-bond donors (Lipinski definition) is 1. The second kappa shape index (κ2) is 6.74. The highest BCUT2D eigenvalue weighted by Crippen LogP contribution is 2.32. The molecule has 0 saturated heterocycles. The zero-order valence-electron chi connectivity index (χ0n) is 10.3. The van der Waals surface area contributed by atoms with Crippen LogP contribution in [0.15, 0.2) is 34.3 Å². The number of halogens is 2. The van der Waals surface area contributed by atoms with Crippen molar-refractivity contribution < 1.29 is 5.11 Å². The molecule has 1 N–H and O–H groups in total. The lowest BCUT2D eigenvalue weighted by Gasteiger charge is -2.18. The quantitative estimate of drug-likeness (QED) is 0.719. The largest absolute Gasteiger partial charge is 0.384 e. The highest BCUT2D eigenvalue weighted by atomic mass is 79.9. The summed E-state index contributed by atoms with van der Waals surface area (Å²) in [5, 5.41) is 11.1. The molecule has 0 fully saturated rings. The Labute approximate surface area is 122 Å². The second-order valence-corrected chi connectivity index (χ2v) is 6.07. The summed E-state index contributed by atoms with van der Waals surface area (Å²) in [5.41, 5.74) is 2.07. The normalized spacial score (nSPS) is 21.6. The smallest absolute Gasteiger partial charge is 0.100 e. The Bertz CT molecular complexity index is 442. The van der Waals surface area contributed by atoms with Crippen LogP contribution >= 0.6 is 27.5 Å². The average Bonchev–Trinajstić information content (AvgIpc) is 2.31. The van der Waals surface area contributed by atoms with E-state index in [2.05, 4.69) is 22.0 Å². The zero-order chi connectivity index (χ0) is 13.0. The first-order valence-electron chi connectivity index (χ1n) is 6.50. The van der Waals surface area contributed by atoms with Crippen LogP contribution in [0.1, 0.15) is 50.2 Å². The minimum absolute atomic E-state index is 0.489. The molecule has 0 spiro atoms. The van der Waals surface area contributed by atoms with Gasteiger partial charge in [0.25, 0.3) is 0 Å². The lowest BCUT2D eigenvalue weighted by Crippen LogP contribution is -2.03. The molecule has 0 amide bonds. The lowest BCUT2D eigenvalue weighted by molar-refractivity contribution is 0.209. The number of allylic oxidation sites excluding steroid dienone is 1. The van der Waals surface area contributed by atoms with Gasteiger partial charge in [0.05, 0.1) is 5.02 Å². The number of rotatable bonds is 2. The summed E-state index contributed by atoms with van der Waals surface area (Å²) in [5.74, 6) is 0. The minimum Gasteiger partial charge on any atom is -0.384 e. The van der Waals surface area contributed by atoms with Crippen LogP contribution in [0.4, 0.5) is 0 Å². The summed E-state index contributed by atoms with van der Waals surface area (Å²) < 4.78 is 0.840. The molecule has 0 heterocycles. The fourth-order valence-electron chi connectivity index (χ4n) is 2.36. The predicted octanol–water partition coefficient (Wildman–Crippen LogP) is 5.42. The van der Waals surface area contributed by atoms with Gasteiger partial charge in [0.1, 0.15) is 6.10 Å². The van der Waals surface area contributed by atoms with Gasteiger partial charge in [0.15, 0.2) is 0 Å². The van der Waals surface area contributed by atoms with E-state index < -0.39 is 6.10 Å². The standard InChI is InChI=1S/C15H18BrClO/c16-13-10-12(8-9-14(13)17)15(18)11-6-4-2-1-3-5-7-11/h6,8-10,15,18H,1-5,7H2/b11-6+. The Morgan fingerprint density at radius 2 is 1.94 bits per heavy atom. The van der Waals surface area contributed by atoms with Gasteiger partial charge in [-0.1, -0.05) is 36.6 Å². The molecular weight excluding hydrogens is 312 g/mol. The molecule has 1 nitrogen and oxygen atoms in total. The molecule has 0 aromatic heterocycles. The van der Waals surface area contributed by atoms with Crippen LogP contribution in [0.2, 0.25) is 5.02 Å². The van der Waals surface area contributed by atoms with Gasteiger partial charge in [0.2, 0.25) is 0 Å². The van der Waals surface area contributed by atoms with Crippen LogP contribution in [0.3, 0.4) is 0 Å². The summed E-state index contributed by atoms with van der Waals surface area (Å²) in [7, 11) is 0. The fourth-order valence-corrected chi connectivity index (χ4v) is 2.88. The summed E-state index contributed by atoms with van der Waals surface area (Å²) in [6.07, 6.45) is 8.81. The van der Waals surface area contributed by atoms with E-state index in [9.17, 15) is 5.11 Å². The molecule has 0 saturated carbocycles. The van der Waals surface area contributed by atoms with E-state index in [-0.39, 0.29) is 0 Å². The Morgan fingerprint density at radius 1 is 1.17 bits per heavy atom. The van der Waals surface area contributed by atoms with Crippen molar-refractivity contribution in [2.45, 2.75) is 44.6 Å². The molecule has 1 unspecified atom stereocenters. The predicted molar refractivity (Wildman–Crippen MR) is 79.9 cm³/mol. The maximum atomic E-state index is 10.4. The average molecular weight is 330 g/mol. The molecule has 1 atom stereocenters. The highest BCUT2D eigenvalue weighted by molar-refractivity contribution is 9.10. The third kappa shape index (κ3) is 3.59. The number of aliphatic hydroxyl groups excluding tert-OH is 1. The minimum atomic E-state index is -0.489. The zero-order valence-corrected chi connectivity index (χ0v) is 12.7. The molecule has 1 aromatic rings. The van der Waals surface area contributed by atoms with Gasteiger partial charge in [-0.05, 0) is 64.9 Å². The summed E-state index contributed by atoms with van der Waals surface area (Å²) >= 11 is 9.38. The molecule has 0 bridgehead atoms. The van der Waals surface area contributed by atoms with Crippen LogP contribution in [0, 0.1) is 0 Å². The van der Waals surface area contributed by atoms with Crippen molar-refractivity contribution in [3.63, 3.8) is 0 Å². The van der Waals surface area contributed by atoms with E-state index in [4.69, 9.17) is 11.6 Å². The molecule has 2 rings (SSSR count). The van der Waals surface area contributed by atoms with E-state index in [0.717, 1.165) is 28.5 Å². The third-order valence-corrected chi connectivity index (χ3v) is 4.65. The van der Waals surface area contributed by atoms with Gasteiger partial charge in [0, 0.05) is 4.47 Å². The van der Waals surface area contributed by atoms with Crippen LogP contribution in [0.25, 0.3) is 0 Å². The Morgan fingerprint density at radius 3 is 2.72 bits per heavy atom. The van der Waals surface area contributed by atoms with Crippen molar-refractivity contribution in [2.24, 2.45) is 0 Å². The number of aliphatic hydroxyl groups is 1. The molecule has 3 heteroatoms. The van der Waals surface area contributed by atoms with Gasteiger partial charge in [-0.15, -0.1) is 0 Å². The van der Waals surface area contributed by atoms with E-state index >= 15 is 0 Å². The second-order valence-electron chi connectivity index (χ2n) is 4.81. The summed E-state index contributed by atoms with van der Waals surface area (Å²) in [4.78, 5) is 0. The molecule has 1 aliphatic rings. The van der Waals surface area contributed by atoms with Gasteiger partial charge in [-0.3, -0.25) is 0 Å². The molecule has 1 aliphatic carbocycles. The van der Waals surface area contributed by atoms with E-state index in [1.165, 1.54) is 25.7 Å². The van der Waals surface area contributed by atoms with Gasteiger partial charge < -0.3 is 5.11 Å². The van der Waals surface area contributed by atoms with Gasteiger partial charge in [-0.2, -0.15) is 0 Å². The van der Waals surface area contributed by atoms with E-state index in [1.807, 2.05) is 18.2 Å². The molecule has 0 aliphatic heterocycles. The van der Waals surface area contributed by atoms with Gasteiger partial charge in [-0.25, -0.2) is 0 Å². The molecule has 98 valence electrons. The van der Waals surface area contributed by atoms with Crippen LogP contribution in [0.5, 0.6) is 0 Å². The Balaban J connectivity index is 2.18. The first-order chi connectivity index (χ1) is 8.68. The van der Waals surface area contributed by atoms with Gasteiger partial charge >= 0.3 is 0 Å². The number of hydrogen-bond acceptors (Lipinski definition) is 1. The van der Waals surface area contributed by atoms with Crippen LogP contribution in [-0.4, -0.2) is 5.11 Å². The first-order valence-corrected chi connectivity index (χ1v) is 7.67. The van der Waals surface area contributed by atoms with Crippen LogP contribution in [-0.2, 0) is 0 Å². The lowest BCUT2D eigenvalue weighted by atomic mass is 9.93. The van der Waals surface area contributed by atoms with Crippen molar-refractivity contribution >= 4 is 27.5 Å². The van der Waals surface area contributed by atoms with Crippen molar-refractivity contribution in [3.8, 4) is 0 Å². The molecular formula is C15H18BrClO. The monoisotopic (exact) mass is 328 g/mol. The van der Waals surface area contributed by atoms with E-state index in [0.29, 0.717) is 5.02 Å². The van der Waals surface area contributed by atoms with E-state index in [1.54, 1.807) is 0 Å². The topological polar surface area (TPSA) is 20.2 Å². The third-order valence-electron chi connectivity index (χ3n) is 3.44. The SMILES string of the molecule is OC(/C1=C/CCCCCC1)c1ccc(Cl)c(Br)c1. The Hall–Kier alpha value is -0.310. The summed E-state index contributed by atoms with van der Waals surface area (Å²) in [6, 6.07) is 5.64. The van der Waals surface area contributed by atoms with Crippen molar-refractivity contribution in [1.82, 2.24) is 0 Å². The first kappa shape index (κ1) is 14.1. The van der Waals surface area contributed by atoms with Crippen molar-refractivity contribution in [2.75, 3.05) is 0 Å². The molecule has 18 heavy (non-hydrogen) atoms. The Kier molecular flexibility index (Phi) is 5.28. The van der Waals surface area contributed by atoms with Crippen molar-refractivity contribution in [3.05, 3.63) is 44.9 Å².